The zero-order valence-corrected chi connectivity index (χ0v) is 13.1. The summed E-state index contributed by atoms with van der Waals surface area (Å²) in [6, 6.07) is 2.46. The van der Waals surface area contributed by atoms with Gasteiger partial charge in [0.2, 0.25) is 5.91 Å². The first-order chi connectivity index (χ1) is 11.4. The molecule has 0 radical (unpaired) electrons. The second kappa shape index (κ2) is 6.58. The number of rotatable bonds is 3. The largest absolute Gasteiger partial charge is 0.417 e. The number of nitrogens with two attached hydrogens (primary N) is 1. The number of aromatic nitrogens is 1. The number of anilines is 1. The topological polar surface area (TPSA) is 68.5 Å². The fourth-order valence-corrected chi connectivity index (χ4v) is 3.58. The predicted molar refractivity (Wildman–Crippen MR) is 81.2 cm³/mol. The minimum atomic E-state index is -4.37. The molecule has 0 aromatic carbocycles. The van der Waals surface area contributed by atoms with Crippen molar-refractivity contribution in [1.29, 1.82) is 0 Å². The lowest BCUT2D eigenvalue weighted by molar-refractivity contribution is -0.137. The molecule has 2 atom stereocenters. The van der Waals surface area contributed by atoms with Crippen LogP contribution in [0, 0.1) is 11.8 Å². The molecule has 1 aromatic heterocycles. The Kier molecular flexibility index (Phi) is 4.67. The van der Waals surface area contributed by atoms with E-state index in [2.05, 4.69) is 4.98 Å². The van der Waals surface area contributed by atoms with E-state index in [1.807, 2.05) is 4.90 Å². The maximum absolute atomic E-state index is 12.6. The second-order valence-corrected chi connectivity index (χ2v) is 6.36. The van der Waals surface area contributed by atoms with Crippen LogP contribution < -0.4 is 10.6 Å². The smallest absolute Gasteiger partial charge is 0.377 e. The molecule has 2 aliphatic rings. The van der Waals surface area contributed by atoms with E-state index in [-0.39, 0.29) is 23.8 Å². The van der Waals surface area contributed by atoms with Gasteiger partial charge in [0.15, 0.2) is 0 Å². The molecule has 0 spiro atoms. The van der Waals surface area contributed by atoms with Gasteiger partial charge in [0, 0.05) is 25.9 Å². The number of nitrogens with zero attached hydrogens (tertiary/aromatic N) is 2. The van der Waals surface area contributed by atoms with Gasteiger partial charge in [-0.15, -0.1) is 0 Å². The molecule has 2 saturated heterocycles. The Morgan fingerprint density at radius 3 is 2.50 bits per heavy atom. The summed E-state index contributed by atoms with van der Waals surface area (Å²) >= 11 is 0. The van der Waals surface area contributed by atoms with Crippen LogP contribution in [-0.2, 0) is 15.7 Å². The van der Waals surface area contributed by atoms with Crippen molar-refractivity contribution in [2.45, 2.75) is 31.5 Å². The Hall–Kier alpha value is -1.83. The lowest BCUT2D eigenvalue weighted by atomic mass is 9.84. The van der Waals surface area contributed by atoms with Crippen molar-refractivity contribution < 1.29 is 22.7 Å². The lowest BCUT2D eigenvalue weighted by Crippen LogP contribution is -2.42. The van der Waals surface area contributed by atoms with E-state index in [4.69, 9.17) is 10.5 Å². The molecule has 24 heavy (non-hydrogen) atoms. The van der Waals surface area contributed by atoms with Crippen molar-refractivity contribution in [2.75, 3.05) is 24.6 Å². The molecule has 1 aromatic rings. The summed E-state index contributed by atoms with van der Waals surface area (Å²) in [5.74, 6) is 0.242. The summed E-state index contributed by atoms with van der Waals surface area (Å²) in [6.07, 6.45) is -1.37. The zero-order valence-electron chi connectivity index (χ0n) is 13.1. The molecule has 2 N–H and O–H groups in total. The summed E-state index contributed by atoms with van der Waals surface area (Å²) in [4.78, 5) is 17.4. The molecule has 2 aliphatic heterocycles. The Labute approximate surface area is 138 Å². The van der Waals surface area contributed by atoms with Crippen molar-refractivity contribution in [1.82, 2.24) is 4.98 Å². The molecule has 3 heterocycles. The Morgan fingerprint density at radius 2 is 1.96 bits per heavy atom. The van der Waals surface area contributed by atoms with Crippen LogP contribution in [0.25, 0.3) is 0 Å². The molecule has 0 bridgehead atoms. The average molecular weight is 343 g/mol. The van der Waals surface area contributed by atoms with E-state index in [0.29, 0.717) is 31.9 Å². The normalized spacial score (nSPS) is 25.9. The van der Waals surface area contributed by atoms with Crippen LogP contribution in [0.1, 0.15) is 24.8 Å². The van der Waals surface area contributed by atoms with Crippen LogP contribution in [0.2, 0.25) is 0 Å². The molecule has 3 rings (SSSR count). The Morgan fingerprint density at radius 1 is 1.25 bits per heavy atom. The van der Waals surface area contributed by atoms with E-state index in [9.17, 15) is 18.0 Å². The van der Waals surface area contributed by atoms with Crippen molar-refractivity contribution >= 4 is 11.7 Å². The highest BCUT2D eigenvalue weighted by molar-refractivity contribution is 5.77. The molecule has 1 amide bonds. The number of hydrogen-bond acceptors (Lipinski definition) is 4. The number of carbonyl (C=O) groups excluding carboxylic acids is 1. The first-order valence-electron chi connectivity index (χ1n) is 8.05. The van der Waals surface area contributed by atoms with Gasteiger partial charge in [0.05, 0.1) is 17.6 Å². The van der Waals surface area contributed by atoms with Gasteiger partial charge >= 0.3 is 6.18 Å². The van der Waals surface area contributed by atoms with Crippen molar-refractivity contribution in [3.8, 4) is 0 Å². The average Bonchev–Trinajstić information content (AvgIpc) is 3.04. The Balaban J connectivity index is 1.60. The molecular formula is C16H20F3N3O2. The third-order valence-corrected chi connectivity index (χ3v) is 4.90. The van der Waals surface area contributed by atoms with Gasteiger partial charge in [-0.25, -0.2) is 4.98 Å². The number of ether oxygens (including phenoxy) is 1. The SMILES string of the molecule is NC(=O)[C@H]1CCO[C@@H]1C1CCN(c2ccc(C(F)(F)F)cn2)CC1. The monoisotopic (exact) mass is 343 g/mol. The van der Waals surface area contributed by atoms with Gasteiger partial charge in [0.1, 0.15) is 5.82 Å². The molecule has 132 valence electrons. The van der Waals surface area contributed by atoms with E-state index >= 15 is 0 Å². The number of hydrogen-bond donors (Lipinski definition) is 1. The molecule has 5 nitrogen and oxygen atoms in total. The zero-order chi connectivity index (χ0) is 17.3. The van der Waals surface area contributed by atoms with Crippen LogP contribution in [-0.4, -0.2) is 36.7 Å². The lowest BCUT2D eigenvalue weighted by Gasteiger charge is -2.36. The fraction of sp³-hybridized carbons (Fsp3) is 0.625. The predicted octanol–water partition coefficient (Wildman–Crippen LogP) is 2.21. The van der Waals surface area contributed by atoms with Crippen LogP contribution in [0.4, 0.5) is 19.0 Å². The third kappa shape index (κ3) is 3.48. The standard InChI is InChI=1S/C16H20F3N3O2/c17-16(18,19)11-1-2-13(21-9-11)22-6-3-10(4-7-22)14-12(15(20)23)5-8-24-14/h1-2,9-10,12,14H,3-8H2,(H2,20,23)/t12-,14+/m0/s1. The van der Waals surface area contributed by atoms with Gasteiger partial charge in [-0.05, 0) is 37.3 Å². The highest BCUT2D eigenvalue weighted by Gasteiger charge is 2.39. The van der Waals surface area contributed by atoms with Gasteiger partial charge in [-0.3, -0.25) is 4.79 Å². The highest BCUT2D eigenvalue weighted by Crippen LogP contribution is 2.34. The van der Waals surface area contributed by atoms with E-state index in [1.54, 1.807) is 0 Å². The number of primary amides is 1. The summed E-state index contributed by atoms with van der Waals surface area (Å²) in [7, 11) is 0. The number of carbonyl (C=O) groups is 1. The highest BCUT2D eigenvalue weighted by atomic mass is 19.4. The first kappa shape index (κ1) is 17.0. The molecular weight excluding hydrogens is 323 g/mol. The fourth-order valence-electron chi connectivity index (χ4n) is 3.58. The Bertz CT molecular complexity index is 583. The summed E-state index contributed by atoms with van der Waals surface area (Å²) in [5, 5.41) is 0. The van der Waals surface area contributed by atoms with Crippen molar-refractivity contribution in [2.24, 2.45) is 17.6 Å². The minimum absolute atomic E-state index is 0.134. The summed E-state index contributed by atoms with van der Waals surface area (Å²) in [5.41, 5.74) is 4.69. The molecule has 0 saturated carbocycles. The maximum Gasteiger partial charge on any atom is 0.417 e. The summed E-state index contributed by atoms with van der Waals surface area (Å²) < 4.78 is 43.4. The van der Waals surface area contributed by atoms with Gasteiger partial charge < -0.3 is 15.4 Å². The van der Waals surface area contributed by atoms with Crippen LogP contribution in [0.3, 0.4) is 0 Å². The van der Waals surface area contributed by atoms with E-state index in [1.165, 1.54) is 6.07 Å². The van der Waals surface area contributed by atoms with Crippen molar-refractivity contribution in [3.63, 3.8) is 0 Å². The molecule has 2 fully saturated rings. The molecule has 0 aliphatic carbocycles. The maximum atomic E-state index is 12.6. The minimum Gasteiger partial charge on any atom is -0.377 e. The first-order valence-corrected chi connectivity index (χ1v) is 8.05. The van der Waals surface area contributed by atoms with Gasteiger partial charge in [-0.1, -0.05) is 0 Å². The van der Waals surface area contributed by atoms with Crippen LogP contribution >= 0.6 is 0 Å². The quantitative estimate of drug-likeness (QED) is 0.914. The third-order valence-electron chi connectivity index (χ3n) is 4.90. The number of alkyl halides is 3. The number of pyridine rings is 1. The van der Waals surface area contributed by atoms with Crippen molar-refractivity contribution in [3.05, 3.63) is 23.9 Å². The van der Waals surface area contributed by atoms with E-state index in [0.717, 1.165) is 25.1 Å². The number of amides is 1. The van der Waals surface area contributed by atoms with Gasteiger partial charge in [-0.2, -0.15) is 13.2 Å². The second-order valence-electron chi connectivity index (χ2n) is 6.36. The number of halogens is 3. The van der Waals surface area contributed by atoms with Gasteiger partial charge in [0.25, 0.3) is 0 Å². The van der Waals surface area contributed by atoms with Crippen LogP contribution in [0.5, 0.6) is 0 Å². The molecule has 0 unspecified atom stereocenters. The number of piperidine rings is 1. The van der Waals surface area contributed by atoms with Crippen LogP contribution in [0.15, 0.2) is 18.3 Å². The summed E-state index contributed by atoms with van der Waals surface area (Å²) in [6.45, 7) is 1.90. The molecule has 8 heteroatoms. The van der Waals surface area contributed by atoms with E-state index < -0.39 is 11.7 Å².